The largest absolute Gasteiger partial charge is 0.351 e. The van der Waals surface area contributed by atoms with Crippen LogP contribution in [0.1, 0.15) is 12.0 Å². The van der Waals surface area contributed by atoms with Crippen LogP contribution in [0.5, 0.6) is 0 Å². The van der Waals surface area contributed by atoms with Crippen LogP contribution in [0, 0.1) is 5.92 Å². The van der Waals surface area contributed by atoms with Crippen LogP contribution in [0.4, 0.5) is 5.69 Å². The molecule has 1 saturated heterocycles. The molecular formula is C21H19ClN4O2. The molecule has 0 spiro atoms. The molecule has 0 aliphatic carbocycles. The van der Waals surface area contributed by atoms with E-state index in [4.69, 9.17) is 11.6 Å². The first-order valence-corrected chi connectivity index (χ1v) is 9.43. The van der Waals surface area contributed by atoms with Crippen molar-refractivity contribution in [1.82, 2.24) is 15.1 Å². The number of nitrogens with zero attached hydrogens (tertiary/aromatic N) is 3. The van der Waals surface area contributed by atoms with Gasteiger partial charge in [-0.05, 0) is 42.8 Å². The SMILES string of the molecule is O=C(NCc1cnn(-c2ccccc2)c1)[C@@H]1CCN(c2ccc(Cl)cc2)C1=O. The molecule has 4 rings (SSSR count). The van der Waals surface area contributed by atoms with E-state index >= 15 is 0 Å². The Balaban J connectivity index is 1.36. The summed E-state index contributed by atoms with van der Waals surface area (Å²) in [5.74, 6) is -1.10. The van der Waals surface area contributed by atoms with Crippen LogP contribution in [-0.2, 0) is 16.1 Å². The number of benzene rings is 2. The second-order valence-corrected chi connectivity index (χ2v) is 7.09. The van der Waals surface area contributed by atoms with E-state index < -0.39 is 5.92 Å². The Morgan fingerprint density at radius 1 is 1.11 bits per heavy atom. The van der Waals surface area contributed by atoms with E-state index in [2.05, 4.69) is 10.4 Å². The summed E-state index contributed by atoms with van der Waals surface area (Å²) >= 11 is 5.90. The summed E-state index contributed by atoms with van der Waals surface area (Å²) in [5.41, 5.74) is 2.58. The van der Waals surface area contributed by atoms with Gasteiger partial charge in [0.1, 0.15) is 5.92 Å². The number of rotatable bonds is 5. The lowest BCUT2D eigenvalue weighted by molar-refractivity contribution is -0.132. The van der Waals surface area contributed by atoms with Crippen LogP contribution in [0.15, 0.2) is 67.0 Å². The molecule has 3 aromatic rings. The van der Waals surface area contributed by atoms with E-state index in [1.165, 1.54) is 0 Å². The highest BCUT2D eigenvalue weighted by Crippen LogP contribution is 2.26. The Hall–Kier alpha value is -3.12. The molecule has 6 nitrogen and oxygen atoms in total. The van der Waals surface area contributed by atoms with Crippen LogP contribution >= 0.6 is 11.6 Å². The standard InChI is InChI=1S/C21H19ClN4O2/c22-16-6-8-17(9-7-16)25-11-10-19(21(25)28)20(27)23-12-15-13-24-26(14-15)18-4-2-1-3-5-18/h1-9,13-14,19H,10-12H2,(H,23,27)/t19-/m0/s1. The first kappa shape index (κ1) is 18.3. The van der Waals surface area contributed by atoms with Gasteiger partial charge in [0.2, 0.25) is 11.8 Å². The monoisotopic (exact) mass is 394 g/mol. The molecule has 1 aromatic heterocycles. The molecule has 1 fully saturated rings. The maximum Gasteiger partial charge on any atom is 0.239 e. The number of carbonyl (C=O) groups is 2. The molecule has 0 unspecified atom stereocenters. The van der Waals surface area contributed by atoms with Gasteiger partial charge in [-0.3, -0.25) is 9.59 Å². The summed E-state index contributed by atoms with van der Waals surface area (Å²) in [6.07, 6.45) is 4.08. The fourth-order valence-electron chi connectivity index (χ4n) is 3.29. The number of anilines is 1. The molecule has 142 valence electrons. The van der Waals surface area contributed by atoms with E-state index in [9.17, 15) is 9.59 Å². The van der Waals surface area contributed by atoms with Crippen molar-refractivity contribution in [2.75, 3.05) is 11.4 Å². The first-order chi connectivity index (χ1) is 13.6. The predicted octanol–water partition coefficient (Wildman–Crippen LogP) is 3.20. The molecular weight excluding hydrogens is 376 g/mol. The van der Waals surface area contributed by atoms with E-state index in [1.807, 2.05) is 36.5 Å². The summed E-state index contributed by atoms with van der Waals surface area (Å²) in [7, 11) is 0. The number of carbonyl (C=O) groups excluding carboxylic acids is 2. The molecule has 0 radical (unpaired) electrons. The van der Waals surface area contributed by atoms with Crippen LogP contribution in [-0.4, -0.2) is 28.1 Å². The van der Waals surface area contributed by atoms with Crippen LogP contribution < -0.4 is 10.2 Å². The van der Waals surface area contributed by atoms with Crippen molar-refractivity contribution in [3.8, 4) is 5.69 Å². The van der Waals surface area contributed by atoms with Gasteiger partial charge in [-0.2, -0.15) is 5.10 Å². The Kier molecular flexibility index (Phi) is 5.12. The van der Waals surface area contributed by atoms with Crippen LogP contribution in [0.2, 0.25) is 5.02 Å². The Morgan fingerprint density at radius 3 is 2.61 bits per heavy atom. The number of aromatic nitrogens is 2. The van der Waals surface area contributed by atoms with Crippen molar-refractivity contribution in [3.63, 3.8) is 0 Å². The minimum Gasteiger partial charge on any atom is -0.351 e. The van der Waals surface area contributed by atoms with E-state index in [0.717, 1.165) is 16.9 Å². The lowest BCUT2D eigenvalue weighted by Gasteiger charge is -2.16. The third kappa shape index (κ3) is 3.77. The Bertz CT molecular complexity index is 985. The van der Waals surface area contributed by atoms with Crippen molar-refractivity contribution in [2.24, 2.45) is 5.92 Å². The van der Waals surface area contributed by atoms with Crippen LogP contribution in [0.3, 0.4) is 0 Å². The summed E-state index contributed by atoms with van der Waals surface area (Å²) in [5, 5.41) is 7.78. The molecule has 2 amide bonds. The van der Waals surface area contributed by atoms with Gasteiger partial charge >= 0.3 is 0 Å². The quantitative estimate of drug-likeness (QED) is 0.676. The van der Waals surface area contributed by atoms with Crippen molar-refractivity contribution >= 4 is 29.1 Å². The first-order valence-electron chi connectivity index (χ1n) is 9.05. The summed E-state index contributed by atoms with van der Waals surface area (Å²) in [6, 6.07) is 16.8. The van der Waals surface area contributed by atoms with Gasteiger partial charge < -0.3 is 10.2 Å². The maximum absolute atomic E-state index is 12.6. The molecule has 1 atom stereocenters. The molecule has 1 N–H and O–H groups in total. The number of halogens is 1. The van der Waals surface area contributed by atoms with Crippen molar-refractivity contribution in [2.45, 2.75) is 13.0 Å². The lowest BCUT2D eigenvalue weighted by atomic mass is 10.1. The van der Waals surface area contributed by atoms with E-state index in [-0.39, 0.29) is 11.8 Å². The highest BCUT2D eigenvalue weighted by molar-refractivity contribution is 6.30. The summed E-state index contributed by atoms with van der Waals surface area (Å²) < 4.78 is 1.75. The lowest BCUT2D eigenvalue weighted by Crippen LogP contribution is -2.36. The van der Waals surface area contributed by atoms with Gasteiger partial charge in [0.15, 0.2) is 0 Å². The Morgan fingerprint density at radius 2 is 1.86 bits per heavy atom. The van der Waals surface area contributed by atoms with Gasteiger partial charge in [-0.1, -0.05) is 29.8 Å². The number of para-hydroxylation sites is 1. The molecule has 0 bridgehead atoms. The zero-order valence-electron chi connectivity index (χ0n) is 15.1. The fraction of sp³-hybridized carbons (Fsp3) is 0.190. The Labute approximate surface area is 167 Å². The van der Waals surface area contributed by atoms with Gasteiger partial charge in [-0.25, -0.2) is 4.68 Å². The molecule has 1 aliphatic rings. The fourth-order valence-corrected chi connectivity index (χ4v) is 3.41. The topological polar surface area (TPSA) is 67.2 Å². The number of hydrogen-bond donors (Lipinski definition) is 1. The molecule has 2 aromatic carbocycles. The molecule has 7 heteroatoms. The predicted molar refractivity (Wildman–Crippen MR) is 107 cm³/mol. The maximum atomic E-state index is 12.6. The summed E-state index contributed by atoms with van der Waals surface area (Å²) in [4.78, 5) is 26.8. The smallest absolute Gasteiger partial charge is 0.239 e. The number of nitrogens with one attached hydrogen (secondary N) is 1. The highest BCUT2D eigenvalue weighted by Gasteiger charge is 2.37. The molecule has 0 saturated carbocycles. The van der Waals surface area contributed by atoms with Gasteiger partial charge in [0.05, 0.1) is 11.9 Å². The third-order valence-electron chi connectivity index (χ3n) is 4.78. The average Bonchev–Trinajstić information content (AvgIpc) is 3.34. The van der Waals surface area contributed by atoms with Crippen molar-refractivity contribution < 1.29 is 9.59 Å². The molecule has 1 aliphatic heterocycles. The van der Waals surface area contributed by atoms with Gasteiger partial charge in [-0.15, -0.1) is 0 Å². The van der Waals surface area contributed by atoms with Crippen molar-refractivity contribution in [1.29, 1.82) is 0 Å². The van der Waals surface area contributed by atoms with Gasteiger partial charge in [0, 0.05) is 35.6 Å². The number of hydrogen-bond acceptors (Lipinski definition) is 3. The minimum atomic E-state index is -0.667. The van der Waals surface area contributed by atoms with E-state index in [0.29, 0.717) is 24.5 Å². The normalized spacial score (nSPS) is 16.4. The van der Waals surface area contributed by atoms with Gasteiger partial charge in [0.25, 0.3) is 0 Å². The zero-order valence-corrected chi connectivity index (χ0v) is 15.8. The average molecular weight is 395 g/mol. The molecule has 2 heterocycles. The van der Waals surface area contributed by atoms with Crippen molar-refractivity contribution in [3.05, 3.63) is 77.6 Å². The highest BCUT2D eigenvalue weighted by atomic mass is 35.5. The second-order valence-electron chi connectivity index (χ2n) is 6.65. The second kappa shape index (κ2) is 7.86. The number of amides is 2. The van der Waals surface area contributed by atoms with Crippen LogP contribution in [0.25, 0.3) is 5.69 Å². The zero-order chi connectivity index (χ0) is 19.5. The summed E-state index contributed by atoms with van der Waals surface area (Å²) in [6.45, 7) is 0.848. The van der Waals surface area contributed by atoms with E-state index in [1.54, 1.807) is 40.0 Å². The molecule has 28 heavy (non-hydrogen) atoms. The minimum absolute atomic E-state index is 0.181. The third-order valence-corrected chi connectivity index (χ3v) is 5.04.